The first-order chi connectivity index (χ1) is 8.52. The van der Waals surface area contributed by atoms with E-state index in [4.69, 9.17) is 15.6 Å². The predicted octanol–water partition coefficient (Wildman–Crippen LogP) is 0.110. The van der Waals surface area contributed by atoms with Gasteiger partial charge in [0.2, 0.25) is 5.91 Å². The van der Waals surface area contributed by atoms with E-state index in [2.05, 4.69) is 5.32 Å². The van der Waals surface area contributed by atoms with Crippen LogP contribution in [-0.2, 0) is 14.3 Å². The van der Waals surface area contributed by atoms with Gasteiger partial charge in [0, 0.05) is 25.6 Å². The third-order valence-corrected chi connectivity index (χ3v) is 3.33. The molecule has 6 nitrogen and oxygen atoms in total. The molecule has 0 radical (unpaired) electrons. The number of hydrogen-bond acceptors (Lipinski definition) is 4. The Kier molecular flexibility index (Phi) is 6.07. The fourth-order valence-corrected chi connectivity index (χ4v) is 2.26. The van der Waals surface area contributed by atoms with Gasteiger partial charge in [-0.3, -0.25) is 9.59 Å². The Morgan fingerprint density at radius 2 is 2.22 bits per heavy atom. The van der Waals surface area contributed by atoms with Crippen molar-refractivity contribution in [2.75, 3.05) is 13.7 Å². The van der Waals surface area contributed by atoms with Crippen molar-refractivity contribution in [3.63, 3.8) is 0 Å². The normalized spacial score (nSPS) is 25.4. The van der Waals surface area contributed by atoms with Gasteiger partial charge in [0.05, 0.1) is 12.5 Å². The second-order valence-electron chi connectivity index (χ2n) is 4.82. The molecular formula is C12H22N2O4. The van der Waals surface area contributed by atoms with Gasteiger partial charge >= 0.3 is 5.97 Å². The Hall–Kier alpha value is -1.14. The van der Waals surface area contributed by atoms with Gasteiger partial charge < -0.3 is 20.9 Å². The highest BCUT2D eigenvalue weighted by Crippen LogP contribution is 2.23. The molecule has 1 aliphatic carbocycles. The van der Waals surface area contributed by atoms with Crippen molar-refractivity contribution in [3.8, 4) is 0 Å². The van der Waals surface area contributed by atoms with Crippen LogP contribution in [0.1, 0.15) is 32.1 Å². The van der Waals surface area contributed by atoms with Crippen molar-refractivity contribution in [3.05, 3.63) is 0 Å². The molecule has 0 spiro atoms. The topological polar surface area (TPSA) is 102 Å². The van der Waals surface area contributed by atoms with Crippen LogP contribution in [0.2, 0.25) is 0 Å². The van der Waals surface area contributed by atoms with Crippen molar-refractivity contribution in [1.29, 1.82) is 0 Å². The Labute approximate surface area is 107 Å². The number of nitrogens with one attached hydrogen (secondary N) is 1. The third kappa shape index (κ3) is 5.01. The fraction of sp³-hybridized carbons (Fsp3) is 0.833. The SMILES string of the molecule is COC(CNC(=O)C1CCCC(N)C1)CC(=O)O. The molecule has 0 saturated heterocycles. The molecule has 1 saturated carbocycles. The van der Waals surface area contributed by atoms with Gasteiger partial charge in [0.25, 0.3) is 0 Å². The van der Waals surface area contributed by atoms with E-state index in [-0.39, 0.29) is 30.8 Å². The number of carbonyl (C=O) groups excluding carboxylic acids is 1. The maximum absolute atomic E-state index is 11.9. The van der Waals surface area contributed by atoms with Crippen LogP contribution >= 0.6 is 0 Å². The smallest absolute Gasteiger partial charge is 0.306 e. The molecule has 0 aromatic rings. The van der Waals surface area contributed by atoms with Crippen molar-refractivity contribution in [1.82, 2.24) is 5.32 Å². The molecule has 1 amide bonds. The summed E-state index contributed by atoms with van der Waals surface area (Å²) in [5.41, 5.74) is 5.83. The first-order valence-electron chi connectivity index (χ1n) is 6.30. The summed E-state index contributed by atoms with van der Waals surface area (Å²) in [6.07, 6.45) is 2.93. The summed E-state index contributed by atoms with van der Waals surface area (Å²) in [7, 11) is 1.44. The van der Waals surface area contributed by atoms with Crippen LogP contribution in [0.3, 0.4) is 0 Å². The number of rotatable bonds is 6. The molecule has 0 aliphatic heterocycles. The van der Waals surface area contributed by atoms with E-state index in [1.165, 1.54) is 7.11 Å². The average Bonchev–Trinajstić information content (AvgIpc) is 2.33. The molecule has 6 heteroatoms. The highest BCUT2D eigenvalue weighted by Gasteiger charge is 2.25. The minimum absolute atomic E-state index is 0.0439. The molecule has 3 atom stereocenters. The number of carboxylic acid groups (broad SMARTS) is 1. The minimum Gasteiger partial charge on any atom is -0.481 e. The summed E-state index contributed by atoms with van der Waals surface area (Å²) in [5, 5.41) is 11.4. The molecule has 1 aliphatic rings. The first kappa shape index (κ1) is 14.9. The van der Waals surface area contributed by atoms with Crippen molar-refractivity contribution in [2.24, 2.45) is 11.7 Å². The maximum atomic E-state index is 11.9. The standard InChI is InChI=1S/C12H22N2O4/c1-18-10(6-11(15)16)7-14-12(17)8-3-2-4-9(13)5-8/h8-10H,2-7,13H2,1H3,(H,14,17)(H,15,16). The largest absolute Gasteiger partial charge is 0.481 e. The lowest BCUT2D eigenvalue weighted by molar-refractivity contribution is -0.140. The van der Waals surface area contributed by atoms with E-state index in [1.807, 2.05) is 0 Å². The molecule has 104 valence electrons. The van der Waals surface area contributed by atoms with E-state index in [0.717, 1.165) is 19.3 Å². The number of carbonyl (C=O) groups is 2. The van der Waals surface area contributed by atoms with Crippen LogP contribution in [0.4, 0.5) is 0 Å². The van der Waals surface area contributed by atoms with Crippen LogP contribution in [-0.4, -0.2) is 42.8 Å². The number of hydrogen-bond donors (Lipinski definition) is 3. The summed E-state index contributed by atoms with van der Waals surface area (Å²) in [6, 6.07) is 0.103. The van der Waals surface area contributed by atoms with E-state index in [9.17, 15) is 9.59 Å². The number of methoxy groups -OCH3 is 1. The number of amides is 1. The second-order valence-corrected chi connectivity index (χ2v) is 4.82. The number of ether oxygens (including phenoxy) is 1. The second kappa shape index (κ2) is 7.33. The minimum atomic E-state index is -0.934. The summed E-state index contributed by atoms with van der Waals surface area (Å²) in [4.78, 5) is 22.4. The maximum Gasteiger partial charge on any atom is 0.306 e. The quantitative estimate of drug-likeness (QED) is 0.627. The highest BCUT2D eigenvalue weighted by atomic mass is 16.5. The Balaban J connectivity index is 2.32. The van der Waals surface area contributed by atoms with Gasteiger partial charge in [-0.2, -0.15) is 0 Å². The van der Waals surface area contributed by atoms with Gasteiger partial charge in [0.15, 0.2) is 0 Å². The van der Waals surface area contributed by atoms with Crippen molar-refractivity contribution in [2.45, 2.75) is 44.2 Å². The number of nitrogens with two attached hydrogens (primary N) is 1. The van der Waals surface area contributed by atoms with E-state index in [1.54, 1.807) is 0 Å². The van der Waals surface area contributed by atoms with Crippen LogP contribution < -0.4 is 11.1 Å². The molecule has 4 N–H and O–H groups in total. The lowest BCUT2D eigenvalue weighted by Gasteiger charge is -2.26. The van der Waals surface area contributed by atoms with Crippen LogP contribution in [0.25, 0.3) is 0 Å². The van der Waals surface area contributed by atoms with Gasteiger partial charge in [-0.05, 0) is 19.3 Å². The third-order valence-electron chi connectivity index (χ3n) is 3.33. The molecule has 1 rings (SSSR count). The average molecular weight is 258 g/mol. The van der Waals surface area contributed by atoms with E-state index >= 15 is 0 Å². The molecule has 0 heterocycles. The van der Waals surface area contributed by atoms with Crippen LogP contribution in [0.5, 0.6) is 0 Å². The first-order valence-corrected chi connectivity index (χ1v) is 6.30. The van der Waals surface area contributed by atoms with Gasteiger partial charge in [-0.15, -0.1) is 0 Å². The fourth-order valence-electron chi connectivity index (χ4n) is 2.26. The molecule has 0 bridgehead atoms. The van der Waals surface area contributed by atoms with Gasteiger partial charge in [-0.1, -0.05) is 6.42 Å². The Bertz CT molecular complexity index is 296. The summed E-state index contributed by atoms with van der Waals surface area (Å²) < 4.78 is 5.00. The monoisotopic (exact) mass is 258 g/mol. The van der Waals surface area contributed by atoms with E-state index < -0.39 is 12.1 Å². The lowest BCUT2D eigenvalue weighted by atomic mass is 9.85. The van der Waals surface area contributed by atoms with Crippen molar-refractivity contribution >= 4 is 11.9 Å². The molecule has 3 unspecified atom stereocenters. The van der Waals surface area contributed by atoms with Gasteiger partial charge in [0.1, 0.15) is 0 Å². The molecule has 1 fully saturated rings. The lowest BCUT2D eigenvalue weighted by Crippen LogP contribution is -2.41. The number of aliphatic carboxylic acids is 1. The zero-order chi connectivity index (χ0) is 13.5. The summed E-state index contributed by atoms with van der Waals surface area (Å²) in [5.74, 6) is -1.02. The highest BCUT2D eigenvalue weighted by molar-refractivity contribution is 5.78. The molecule has 0 aromatic heterocycles. The zero-order valence-corrected chi connectivity index (χ0v) is 10.7. The molecule has 0 aromatic carbocycles. The molecule has 18 heavy (non-hydrogen) atoms. The molecular weight excluding hydrogens is 236 g/mol. The van der Waals surface area contributed by atoms with Gasteiger partial charge in [-0.25, -0.2) is 0 Å². The zero-order valence-electron chi connectivity index (χ0n) is 10.7. The summed E-state index contributed by atoms with van der Waals surface area (Å²) >= 11 is 0. The van der Waals surface area contributed by atoms with Crippen molar-refractivity contribution < 1.29 is 19.4 Å². The van der Waals surface area contributed by atoms with Crippen LogP contribution in [0.15, 0.2) is 0 Å². The number of carboxylic acids is 1. The predicted molar refractivity (Wildman–Crippen MR) is 66.0 cm³/mol. The van der Waals surface area contributed by atoms with Crippen LogP contribution in [0, 0.1) is 5.92 Å². The Morgan fingerprint density at radius 3 is 2.78 bits per heavy atom. The van der Waals surface area contributed by atoms with E-state index in [0.29, 0.717) is 6.42 Å². The summed E-state index contributed by atoms with van der Waals surface area (Å²) in [6.45, 7) is 0.230. The Morgan fingerprint density at radius 1 is 1.50 bits per heavy atom.